The van der Waals surface area contributed by atoms with Gasteiger partial charge in [-0.05, 0) is 67.7 Å². The summed E-state index contributed by atoms with van der Waals surface area (Å²) in [7, 11) is 0. The molecule has 1 amide bonds. The number of hydrogen-bond acceptors (Lipinski definition) is 2. The summed E-state index contributed by atoms with van der Waals surface area (Å²) in [5.41, 5.74) is 7.84. The van der Waals surface area contributed by atoms with E-state index in [1.54, 1.807) is 6.07 Å². The molecule has 0 aliphatic heterocycles. The zero-order valence-electron chi connectivity index (χ0n) is 21.9. The number of hydrogen-bond donors (Lipinski definition) is 2. The summed E-state index contributed by atoms with van der Waals surface area (Å²) in [6.45, 7) is 0.893. The molecule has 0 bridgehead atoms. The van der Waals surface area contributed by atoms with E-state index in [0.717, 1.165) is 54.8 Å². The Balaban J connectivity index is 1.49. The number of carbonyl (C=O) groups excluding carboxylic acids is 1. The molecule has 1 unspecified atom stereocenters. The smallest absolute Gasteiger partial charge is 0.353 e. The second-order valence-corrected chi connectivity index (χ2v) is 11.3. The van der Waals surface area contributed by atoms with E-state index in [2.05, 4.69) is 22.1 Å². The van der Waals surface area contributed by atoms with Crippen LogP contribution in [0.5, 0.6) is 0 Å². The van der Waals surface area contributed by atoms with Gasteiger partial charge in [0.2, 0.25) is 5.91 Å². The number of nitrogens with one attached hydrogen (secondary N) is 1. The summed E-state index contributed by atoms with van der Waals surface area (Å²) in [5.74, 6) is -0.0157. The number of rotatable bonds is 7. The lowest BCUT2D eigenvalue weighted by molar-refractivity contribution is -0.137. The molecule has 2 saturated carbocycles. The SMILES string of the molecule is N[C@H]1CC[C@H](NC(=O)CC(c2cccc(C(F)(F)F)c2)c2cn(CC3CCCCC3)c3ccccc23)CC1. The number of amides is 1. The molecule has 3 N–H and O–H groups in total. The van der Waals surface area contributed by atoms with Gasteiger partial charge in [-0.3, -0.25) is 4.79 Å². The van der Waals surface area contributed by atoms with E-state index < -0.39 is 17.7 Å². The van der Waals surface area contributed by atoms with Crippen LogP contribution in [0, 0.1) is 5.92 Å². The third-order valence-corrected chi connectivity index (χ3v) is 8.52. The Morgan fingerprint density at radius 2 is 1.71 bits per heavy atom. The number of halogens is 3. The topological polar surface area (TPSA) is 60.0 Å². The molecule has 2 aliphatic rings. The minimum Gasteiger partial charge on any atom is -0.353 e. The van der Waals surface area contributed by atoms with Crippen LogP contribution in [0.2, 0.25) is 0 Å². The van der Waals surface area contributed by atoms with Gasteiger partial charge in [0, 0.05) is 48.1 Å². The van der Waals surface area contributed by atoms with Crippen molar-refractivity contribution in [3.8, 4) is 0 Å². The normalized spacial score (nSPS) is 21.9. The van der Waals surface area contributed by atoms with Crippen LogP contribution in [-0.4, -0.2) is 22.6 Å². The molecule has 38 heavy (non-hydrogen) atoms. The van der Waals surface area contributed by atoms with Crippen LogP contribution in [-0.2, 0) is 17.5 Å². The van der Waals surface area contributed by atoms with Crippen LogP contribution >= 0.6 is 0 Å². The van der Waals surface area contributed by atoms with E-state index in [1.165, 1.54) is 44.2 Å². The Kier molecular flexibility index (Phi) is 8.12. The van der Waals surface area contributed by atoms with Crippen molar-refractivity contribution in [2.24, 2.45) is 11.7 Å². The van der Waals surface area contributed by atoms with Crippen LogP contribution in [0.1, 0.15) is 86.8 Å². The van der Waals surface area contributed by atoms with Crippen LogP contribution in [0.3, 0.4) is 0 Å². The molecule has 7 heteroatoms. The summed E-state index contributed by atoms with van der Waals surface area (Å²) in [6.07, 6.45) is 7.34. The molecule has 2 fully saturated rings. The minimum atomic E-state index is -4.45. The molecule has 1 heterocycles. The molecule has 0 saturated heterocycles. The van der Waals surface area contributed by atoms with Crippen LogP contribution < -0.4 is 11.1 Å². The second kappa shape index (κ2) is 11.5. The van der Waals surface area contributed by atoms with Crippen molar-refractivity contribution in [3.63, 3.8) is 0 Å². The molecule has 204 valence electrons. The van der Waals surface area contributed by atoms with Crippen LogP contribution in [0.4, 0.5) is 13.2 Å². The Hall–Kier alpha value is -2.80. The molecule has 0 spiro atoms. The van der Waals surface area contributed by atoms with E-state index in [-0.39, 0.29) is 24.4 Å². The number of fused-ring (bicyclic) bond motifs is 1. The van der Waals surface area contributed by atoms with Gasteiger partial charge in [0.05, 0.1) is 5.56 Å². The average molecular weight is 526 g/mol. The lowest BCUT2D eigenvalue weighted by Gasteiger charge is -2.27. The van der Waals surface area contributed by atoms with Gasteiger partial charge in [0.1, 0.15) is 0 Å². The number of aromatic nitrogens is 1. The van der Waals surface area contributed by atoms with E-state index >= 15 is 0 Å². The monoisotopic (exact) mass is 525 g/mol. The first-order valence-corrected chi connectivity index (χ1v) is 14.1. The maximum Gasteiger partial charge on any atom is 0.416 e. The Morgan fingerprint density at radius 1 is 0.974 bits per heavy atom. The molecule has 2 aromatic carbocycles. The van der Waals surface area contributed by atoms with Gasteiger partial charge in [0.25, 0.3) is 0 Å². The predicted molar refractivity (Wildman–Crippen MR) is 145 cm³/mol. The first-order chi connectivity index (χ1) is 18.3. The molecular weight excluding hydrogens is 487 g/mol. The van der Waals surface area contributed by atoms with Gasteiger partial charge in [-0.2, -0.15) is 13.2 Å². The van der Waals surface area contributed by atoms with E-state index in [4.69, 9.17) is 5.73 Å². The highest BCUT2D eigenvalue weighted by Crippen LogP contribution is 2.38. The van der Waals surface area contributed by atoms with E-state index in [9.17, 15) is 18.0 Å². The van der Waals surface area contributed by atoms with Crippen molar-refractivity contribution < 1.29 is 18.0 Å². The number of carbonyl (C=O) groups is 1. The van der Waals surface area contributed by atoms with Gasteiger partial charge in [0.15, 0.2) is 0 Å². The van der Waals surface area contributed by atoms with Gasteiger partial charge >= 0.3 is 6.18 Å². The Labute approximate surface area is 222 Å². The molecular formula is C31H38F3N3O. The lowest BCUT2D eigenvalue weighted by atomic mass is 9.86. The van der Waals surface area contributed by atoms with E-state index in [1.807, 2.05) is 18.2 Å². The van der Waals surface area contributed by atoms with Gasteiger partial charge in [-0.15, -0.1) is 0 Å². The molecule has 1 aromatic heterocycles. The van der Waals surface area contributed by atoms with E-state index in [0.29, 0.717) is 11.5 Å². The molecule has 2 aliphatic carbocycles. The first-order valence-electron chi connectivity index (χ1n) is 14.1. The van der Waals surface area contributed by atoms with Crippen LogP contribution in [0.25, 0.3) is 10.9 Å². The van der Waals surface area contributed by atoms with Crippen LogP contribution in [0.15, 0.2) is 54.7 Å². The third kappa shape index (κ3) is 6.25. The number of alkyl halides is 3. The lowest BCUT2D eigenvalue weighted by Crippen LogP contribution is -2.40. The molecule has 0 radical (unpaired) electrons. The number of nitrogens with two attached hydrogens (primary N) is 1. The summed E-state index contributed by atoms with van der Waals surface area (Å²) >= 11 is 0. The summed E-state index contributed by atoms with van der Waals surface area (Å²) in [5, 5.41) is 4.15. The summed E-state index contributed by atoms with van der Waals surface area (Å²) < 4.78 is 43.2. The Bertz CT molecular complexity index is 1240. The maximum atomic E-state index is 13.7. The largest absolute Gasteiger partial charge is 0.416 e. The molecule has 3 aromatic rings. The Morgan fingerprint density at radius 3 is 2.45 bits per heavy atom. The summed E-state index contributed by atoms with van der Waals surface area (Å²) in [6, 6.07) is 13.8. The van der Waals surface area contributed by atoms with Crippen molar-refractivity contribution in [2.45, 2.75) is 94.9 Å². The zero-order chi connectivity index (χ0) is 26.7. The second-order valence-electron chi connectivity index (χ2n) is 11.3. The highest BCUT2D eigenvalue weighted by atomic mass is 19.4. The van der Waals surface area contributed by atoms with Crippen molar-refractivity contribution in [1.82, 2.24) is 9.88 Å². The van der Waals surface area contributed by atoms with Crippen molar-refractivity contribution in [2.75, 3.05) is 0 Å². The van der Waals surface area contributed by atoms with Crippen molar-refractivity contribution in [3.05, 3.63) is 71.4 Å². The number of para-hydroxylation sites is 1. The highest BCUT2D eigenvalue weighted by molar-refractivity contribution is 5.86. The predicted octanol–water partition coefficient (Wildman–Crippen LogP) is 7.15. The molecule has 4 nitrogen and oxygen atoms in total. The fourth-order valence-corrected chi connectivity index (χ4v) is 6.43. The van der Waals surface area contributed by atoms with Crippen molar-refractivity contribution in [1.29, 1.82) is 0 Å². The number of benzene rings is 2. The molecule has 1 atom stereocenters. The zero-order valence-corrected chi connectivity index (χ0v) is 21.9. The minimum absolute atomic E-state index is 0.0668. The quantitative estimate of drug-likeness (QED) is 0.344. The first kappa shape index (κ1) is 26.8. The summed E-state index contributed by atoms with van der Waals surface area (Å²) in [4.78, 5) is 13.3. The number of nitrogens with zero attached hydrogens (tertiary/aromatic N) is 1. The fourth-order valence-electron chi connectivity index (χ4n) is 6.43. The van der Waals surface area contributed by atoms with Gasteiger partial charge < -0.3 is 15.6 Å². The average Bonchev–Trinajstić information content (AvgIpc) is 3.27. The van der Waals surface area contributed by atoms with Gasteiger partial charge in [-0.1, -0.05) is 55.7 Å². The standard InChI is InChI=1S/C31H38F3N3O/c32-31(33,34)23-10-6-9-22(17-23)27(18-30(38)36-25-15-13-24(35)14-16-25)28-20-37(19-21-7-2-1-3-8-21)29-12-5-4-11-26(28)29/h4-6,9-12,17,20-21,24-25,27H,1-3,7-8,13-16,18-19,35H2,(H,36,38)/t24-,25-,27?. The maximum absolute atomic E-state index is 13.7. The third-order valence-electron chi connectivity index (χ3n) is 8.52. The van der Waals surface area contributed by atoms with Crippen molar-refractivity contribution >= 4 is 16.8 Å². The van der Waals surface area contributed by atoms with Gasteiger partial charge in [-0.25, -0.2) is 0 Å². The fraction of sp³-hybridized carbons (Fsp3) is 0.516. The molecule has 5 rings (SSSR count). The highest BCUT2D eigenvalue weighted by Gasteiger charge is 2.32.